The Hall–Kier alpha value is -0.650. The Morgan fingerprint density at radius 1 is 1.73 bits per heavy atom. The quantitative estimate of drug-likeness (QED) is 0.405. The lowest BCUT2D eigenvalue weighted by Gasteiger charge is -2.21. The Balaban J connectivity index is 3.93. The Kier molecular flexibility index (Phi) is 3.44. The Morgan fingerprint density at radius 3 is 2.45 bits per heavy atom. The third-order valence-electron chi connectivity index (χ3n) is 1.32. The highest BCUT2D eigenvalue weighted by Crippen LogP contribution is 2.09. The average Bonchev–Trinajstić information content (AvgIpc) is 1.87. The molecule has 0 bridgehead atoms. The lowest BCUT2D eigenvalue weighted by Crippen LogP contribution is -2.41. The summed E-state index contributed by atoms with van der Waals surface area (Å²) in [5, 5.41) is 26.0. The van der Waals surface area contributed by atoms with E-state index in [1.54, 1.807) is 0 Å². The molecule has 66 valence electrons. The van der Waals surface area contributed by atoms with Crippen molar-refractivity contribution in [3.05, 3.63) is 0 Å². The summed E-state index contributed by atoms with van der Waals surface area (Å²) in [6.07, 6.45) is -0.154. The van der Waals surface area contributed by atoms with E-state index in [1.165, 1.54) is 6.92 Å². The molecule has 11 heavy (non-hydrogen) atoms. The molecule has 0 rings (SSSR count). The van der Waals surface area contributed by atoms with Crippen molar-refractivity contribution < 1.29 is 20.1 Å². The predicted molar refractivity (Wildman–Crippen MR) is 37.9 cm³/mol. The number of aliphatic hydroxyl groups excluding tert-OH is 1. The highest BCUT2D eigenvalue weighted by Gasteiger charge is 2.25. The summed E-state index contributed by atoms with van der Waals surface area (Å²) < 4.78 is 0. The molecule has 0 aromatic carbocycles. The minimum absolute atomic E-state index is 0.154. The van der Waals surface area contributed by atoms with Gasteiger partial charge in [-0.05, 0) is 6.92 Å². The van der Waals surface area contributed by atoms with Crippen molar-refractivity contribution >= 4 is 5.97 Å². The fourth-order valence-corrected chi connectivity index (χ4v) is 0.626. The number of aliphatic carboxylic acids is 1. The van der Waals surface area contributed by atoms with E-state index in [0.29, 0.717) is 0 Å². The van der Waals surface area contributed by atoms with Crippen LogP contribution in [-0.2, 0) is 4.79 Å². The largest absolute Gasteiger partial charge is 0.480 e. The van der Waals surface area contributed by atoms with Gasteiger partial charge in [0.05, 0.1) is 12.2 Å². The van der Waals surface area contributed by atoms with Crippen molar-refractivity contribution in [3.8, 4) is 0 Å². The van der Waals surface area contributed by atoms with E-state index in [4.69, 9.17) is 21.1 Å². The summed E-state index contributed by atoms with van der Waals surface area (Å²) in [6, 6.07) is -1.13. The van der Waals surface area contributed by atoms with Crippen LogP contribution < -0.4 is 5.73 Å². The summed E-state index contributed by atoms with van der Waals surface area (Å²) in [4.78, 5) is 10.2. The molecular formula is C6H13NO4. The third kappa shape index (κ3) is 3.92. The van der Waals surface area contributed by atoms with Crippen molar-refractivity contribution in [2.45, 2.75) is 25.0 Å². The predicted octanol–water partition coefficient (Wildman–Crippen LogP) is -1.47. The van der Waals surface area contributed by atoms with Gasteiger partial charge >= 0.3 is 5.97 Å². The molecule has 0 heterocycles. The molecule has 0 aliphatic rings. The number of carboxylic acids is 1. The van der Waals surface area contributed by atoms with Crippen molar-refractivity contribution in [1.82, 2.24) is 0 Å². The van der Waals surface area contributed by atoms with Crippen LogP contribution in [0, 0.1) is 0 Å². The summed E-state index contributed by atoms with van der Waals surface area (Å²) in [5.74, 6) is -1.18. The molecule has 1 unspecified atom stereocenters. The van der Waals surface area contributed by atoms with Gasteiger partial charge in [0.15, 0.2) is 0 Å². The third-order valence-corrected chi connectivity index (χ3v) is 1.32. The molecule has 0 radical (unpaired) electrons. The zero-order valence-electron chi connectivity index (χ0n) is 6.32. The molecule has 0 aliphatic carbocycles. The van der Waals surface area contributed by atoms with Crippen LogP contribution in [0.4, 0.5) is 0 Å². The molecule has 0 aliphatic heterocycles. The molecule has 0 amide bonds. The van der Waals surface area contributed by atoms with Crippen LogP contribution >= 0.6 is 0 Å². The first-order valence-corrected chi connectivity index (χ1v) is 3.20. The van der Waals surface area contributed by atoms with Gasteiger partial charge in [0.2, 0.25) is 0 Å². The second-order valence-corrected chi connectivity index (χ2v) is 2.80. The second kappa shape index (κ2) is 3.66. The maximum absolute atomic E-state index is 10.2. The zero-order valence-corrected chi connectivity index (χ0v) is 6.32. The van der Waals surface area contributed by atoms with Gasteiger partial charge in [-0.3, -0.25) is 4.79 Å². The van der Waals surface area contributed by atoms with Crippen molar-refractivity contribution in [3.63, 3.8) is 0 Å². The lowest BCUT2D eigenvalue weighted by molar-refractivity contribution is -0.140. The number of carboxylic acid groups (broad SMARTS) is 1. The number of aliphatic hydroxyl groups is 2. The standard InChI is InChI=1S/C6H13NO4/c1-6(11,3-8)2-4(7)5(9)10/h4,8,11H,2-3,7H2,1H3,(H,9,10)/t4-,6?/m0/s1. The number of hydrogen-bond donors (Lipinski definition) is 4. The van der Waals surface area contributed by atoms with Gasteiger partial charge in [0, 0.05) is 6.42 Å². The van der Waals surface area contributed by atoms with Crippen molar-refractivity contribution in [2.24, 2.45) is 5.73 Å². The smallest absolute Gasteiger partial charge is 0.320 e. The fraction of sp³-hybridized carbons (Fsp3) is 0.833. The molecule has 2 atom stereocenters. The zero-order chi connectivity index (χ0) is 9.07. The molecule has 0 fully saturated rings. The van der Waals surface area contributed by atoms with Crippen LogP contribution in [0.2, 0.25) is 0 Å². The summed E-state index contributed by atoms with van der Waals surface area (Å²) >= 11 is 0. The van der Waals surface area contributed by atoms with Crippen LogP contribution in [0.3, 0.4) is 0 Å². The molecule has 0 saturated heterocycles. The van der Waals surface area contributed by atoms with E-state index in [9.17, 15) is 4.79 Å². The average molecular weight is 163 g/mol. The fourth-order valence-electron chi connectivity index (χ4n) is 0.626. The first-order valence-electron chi connectivity index (χ1n) is 3.20. The van der Waals surface area contributed by atoms with Crippen LogP contribution in [0.15, 0.2) is 0 Å². The minimum atomic E-state index is -1.40. The van der Waals surface area contributed by atoms with Gasteiger partial charge in [0.25, 0.3) is 0 Å². The Morgan fingerprint density at radius 2 is 2.18 bits per heavy atom. The van der Waals surface area contributed by atoms with Crippen LogP contribution in [0.1, 0.15) is 13.3 Å². The molecule has 0 spiro atoms. The number of nitrogens with two attached hydrogens (primary N) is 1. The van der Waals surface area contributed by atoms with Gasteiger partial charge in [0.1, 0.15) is 6.04 Å². The molecule has 0 aromatic heterocycles. The van der Waals surface area contributed by atoms with Crippen molar-refractivity contribution in [2.75, 3.05) is 6.61 Å². The second-order valence-electron chi connectivity index (χ2n) is 2.80. The van der Waals surface area contributed by atoms with E-state index in [2.05, 4.69) is 0 Å². The van der Waals surface area contributed by atoms with E-state index >= 15 is 0 Å². The van der Waals surface area contributed by atoms with Crippen LogP contribution in [0.5, 0.6) is 0 Å². The molecule has 0 saturated carbocycles. The summed E-state index contributed by atoms with van der Waals surface area (Å²) in [6.45, 7) is 0.837. The molecule has 0 aromatic rings. The lowest BCUT2D eigenvalue weighted by atomic mass is 9.99. The first-order chi connectivity index (χ1) is 4.89. The van der Waals surface area contributed by atoms with E-state index < -0.39 is 24.2 Å². The van der Waals surface area contributed by atoms with Crippen LogP contribution in [-0.4, -0.2) is 39.5 Å². The van der Waals surface area contributed by atoms with Gasteiger partial charge in [-0.1, -0.05) is 0 Å². The monoisotopic (exact) mass is 163 g/mol. The first kappa shape index (κ1) is 10.3. The maximum Gasteiger partial charge on any atom is 0.320 e. The number of rotatable bonds is 4. The molecule has 5 N–H and O–H groups in total. The van der Waals surface area contributed by atoms with E-state index in [1.807, 2.05) is 0 Å². The normalized spacial score (nSPS) is 18.9. The van der Waals surface area contributed by atoms with Crippen LogP contribution in [0.25, 0.3) is 0 Å². The van der Waals surface area contributed by atoms with Gasteiger partial charge in [-0.25, -0.2) is 0 Å². The van der Waals surface area contributed by atoms with E-state index in [0.717, 1.165) is 0 Å². The minimum Gasteiger partial charge on any atom is -0.480 e. The number of hydrogen-bond acceptors (Lipinski definition) is 4. The Labute approximate surface area is 64.4 Å². The molecular weight excluding hydrogens is 150 g/mol. The SMILES string of the molecule is CC(O)(CO)C[C@H](N)C(=O)O. The molecule has 5 nitrogen and oxygen atoms in total. The van der Waals surface area contributed by atoms with Gasteiger partial charge in [-0.2, -0.15) is 0 Å². The molecule has 5 heteroatoms. The van der Waals surface area contributed by atoms with Gasteiger partial charge in [-0.15, -0.1) is 0 Å². The number of carbonyl (C=O) groups is 1. The highest BCUT2D eigenvalue weighted by molar-refractivity contribution is 5.73. The summed E-state index contributed by atoms with van der Waals surface area (Å²) in [5.41, 5.74) is 3.70. The summed E-state index contributed by atoms with van der Waals surface area (Å²) in [7, 11) is 0. The topological polar surface area (TPSA) is 104 Å². The maximum atomic E-state index is 10.2. The van der Waals surface area contributed by atoms with Gasteiger partial charge < -0.3 is 21.1 Å². The highest BCUT2D eigenvalue weighted by atomic mass is 16.4. The van der Waals surface area contributed by atoms with E-state index in [-0.39, 0.29) is 6.42 Å². The Bertz CT molecular complexity index is 146. The van der Waals surface area contributed by atoms with Crippen molar-refractivity contribution in [1.29, 1.82) is 0 Å².